The normalized spacial score (nSPS) is 14.0. The maximum atomic E-state index is 4.50. The van der Waals surface area contributed by atoms with Crippen molar-refractivity contribution in [1.82, 2.24) is 14.9 Å². The smallest absolute Gasteiger partial charge is 0.108 e. The number of imidazole rings is 1. The van der Waals surface area contributed by atoms with Crippen molar-refractivity contribution in [2.24, 2.45) is 0 Å². The van der Waals surface area contributed by atoms with Crippen LogP contribution in [0.25, 0.3) is 0 Å². The molecule has 1 aromatic carbocycles. The first-order chi connectivity index (χ1) is 10.3. The van der Waals surface area contributed by atoms with Crippen LogP contribution < -0.4 is 5.32 Å². The van der Waals surface area contributed by atoms with Crippen LogP contribution in [0.2, 0.25) is 0 Å². The van der Waals surface area contributed by atoms with E-state index in [1.54, 1.807) is 0 Å². The number of nitrogens with zero attached hydrogens (tertiary/aromatic N) is 2. The van der Waals surface area contributed by atoms with Gasteiger partial charge in [-0.1, -0.05) is 51.1 Å². The molecular weight excluding hydrogens is 258 g/mol. The second-order valence-electron chi connectivity index (χ2n) is 5.42. The summed E-state index contributed by atoms with van der Waals surface area (Å²) in [6.07, 6.45) is 7.24. The first-order valence-electron chi connectivity index (χ1n) is 8.11. The van der Waals surface area contributed by atoms with Crippen molar-refractivity contribution >= 4 is 0 Å². The van der Waals surface area contributed by atoms with Gasteiger partial charge in [-0.3, -0.25) is 0 Å². The molecule has 2 unspecified atom stereocenters. The number of hydrogen-bond donors (Lipinski definition) is 1. The fourth-order valence-electron chi connectivity index (χ4n) is 2.95. The average molecular weight is 285 g/mol. The zero-order chi connectivity index (χ0) is 15.1. The minimum absolute atomic E-state index is 0.329. The third kappa shape index (κ3) is 3.73. The summed E-state index contributed by atoms with van der Waals surface area (Å²) < 4.78 is 2.35. The number of nitrogens with one attached hydrogen (secondary N) is 1. The van der Waals surface area contributed by atoms with Crippen molar-refractivity contribution in [3.05, 3.63) is 54.1 Å². The summed E-state index contributed by atoms with van der Waals surface area (Å²) >= 11 is 0. The standard InChI is InChI=1S/C18H27N3/c1-4-12-20-18(15-10-8-7-9-11-15)16(5-2)21-14-13-19-17(21)6-3/h7-11,13-14,16,18,20H,4-6,12H2,1-3H3. The molecule has 0 saturated heterocycles. The largest absolute Gasteiger partial charge is 0.330 e. The summed E-state index contributed by atoms with van der Waals surface area (Å²) in [4.78, 5) is 4.50. The quantitative estimate of drug-likeness (QED) is 0.790. The molecule has 0 spiro atoms. The van der Waals surface area contributed by atoms with Crippen LogP contribution in [0.5, 0.6) is 0 Å². The Labute approximate surface area is 128 Å². The Balaban J connectivity index is 2.33. The molecule has 1 heterocycles. The second kappa shape index (κ2) is 7.99. The second-order valence-corrected chi connectivity index (χ2v) is 5.42. The van der Waals surface area contributed by atoms with Gasteiger partial charge < -0.3 is 9.88 Å². The van der Waals surface area contributed by atoms with E-state index in [9.17, 15) is 0 Å². The summed E-state index contributed by atoms with van der Waals surface area (Å²) in [5.74, 6) is 1.17. The Morgan fingerprint density at radius 3 is 2.52 bits per heavy atom. The van der Waals surface area contributed by atoms with Gasteiger partial charge in [0.05, 0.1) is 12.1 Å². The van der Waals surface area contributed by atoms with Crippen LogP contribution in [0, 0.1) is 0 Å². The van der Waals surface area contributed by atoms with E-state index in [4.69, 9.17) is 0 Å². The van der Waals surface area contributed by atoms with E-state index >= 15 is 0 Å². The molecule has 0 bridgehead atoms. The molecule has 0 aliphatic rings. The molecule has 0 saturated carbocycles. The predicted octanol–water partition coefficient (Wildman–Crippen LogP) is 4.14. The van der Waals surface area contributed by atoms with Crippen molar-refractivity contribution in [1.29, 1.82) is 0 Å². The van der Waals surface area contributed by atoms with Gasteiger partial charge in [-0.15, -0.1) is 0 Å². The summed E-state index contributed by atoms with van der Waals surface area (Å²) in [7, 11) is 0. The van der Waals surface area contributed by atoms with Crippen molar-refractivity contribution in [2.45, 2.75) is 52.1 Å². The van der Waals surface area contributed by atoms with Crippen LogP contribution in [0.4, 0.5) is 0 Å². The van der Waals surface area contributed by atoms with E-state index in [-0.39, 0.29) is 0 Å². The maximum Gasteiger partial charge on any atom is 0.108 e. The first kappa shape index (κ1) is 15.8. The Morgan fingerprint density at radius 2 is 1.90 bits per heavy atom. The van der Waals surface area contributed by atoms with E-state index < -0.39 is 0 Å². The zero-order valence-corrected chi connectivity index (χ0v) is 13.4. The van der Waals surface area contributed by atoms with Crippen LogP contribution in [0.15, 0.2) is 42.7 Å². The fourth-order valence-corrected chi connectivity index (χ4v) is 2.95. The van der Waals surface area contributed by atoms with Gasteiger partial charge in [0.2, 0.25) is 0 Å². The summed E-state index contributed by atoms with van der Waals surface area (Å²) in [5.41, 5.74) is 1.36. The minimum Gasteiger partial charge on any atom is -0.330 e. The van der Waals surface area contributed by atoms with Crippen LogP contribution in [-0.2, 0) is 6.42 Å². The lowest BCUT2D eigenvalue weighted by atomic mass is 9.96. The highest BCUT2D eigenvalue weighted by molar-refractivity contribution is 5.21. The van der Waals surface area contributed by atoms with Gasteiger partial charge in [0.1, 0.15) is 5.82 Å². The van der Waals surface area contributed by atoms with Gasteiger partial charge in [-0.2, -0.15) is 0 Å². The summed E-state index contributed by atoms with van der Waals surface area (Å²) in [5, 5.41) is 3.73. The number of aromatic nitrogens is 2. The molecule has 1 aromatic heterocycles. The number of aryl methyl sites for hydroxylation is 1. The number of benzene rings is 1. The topological polar surface area (TPSA) is 29.9 Å². The molecule has 2 atom stereocenters. The molecule has 0 radical (unpaired) electrons. The third-order valence-corrected chi connectivity index (χ3v) is 4.00. The SMILES string of the molecule is CCCNC(c1ccccc1)C(CC)n1ccnc1CC. The van der Waals surface area contributed by atoms with Crippen molar-refractivity contribution in [2.75, 3.05) is 6.54 Å². The van der Waals surface area contributed by atoms with E-state index in [1.807, 2.05) is 6.20 Å². The highest BCUT2D eigenvalue weighted by atomic mass is 15.1. The molecule has 0 aliphatic heterocycles. The highest BCUT2D eigenvalue weighted by Gasteiger charge is 2.23. The average Bonchev–Trinajstić information content (AvgIpc) is 3.00. The van der Waals surface area contributed by atoms with Gasteiger partial charge in [-0.05, 0) is 24.9 Å². The maximum absolute atomic E-state index is 4.50. The Bertz CT molecular complexity index is 518. The van der Waals surface area contributed by atoms with Crippen LogP contribution in [0.1, 0.15) is 57.1 Å². The molecule has 3 nitrogen and oxygen atoms in total. The van der Waals surface area contributed by atoms with Crippen LogP contribution in [0.3, 0.4) is 0 Å². The minimum atomic E-state index is 0.329. The van der Waals surface area contributed by atoms with Gasteiger partial charge >= 0.3 is 0 Å². The first-order valence-corrected chi connectivity index (χ1v) is 8.11. The van der Waals surface area contributed by atoms with E-state index in [1.165, 1.54) is 11.4 Å². The molecule has 21 heavy (non-hydrogen) atoms. The van der Waals surface area contributed by atoms with Crippen molar-refractivity contribution in [3.63, 3.8) is 0 Å². The molecule has 0 fully saturated rings. The van der Waals surface area contributed by atoms with Gasteiger partial charge in [0, 0.05) is 18.8 Å². The van der Waals surface area contributed by atoms with Crippen LogP contribution >= 0.6 is 0 Å². The van der Waals surface area contributed by atoms with Gasteiger partial charge in [0.15, 0.2) is 0 Å². The van der Waals surface area contributed by atoms with E-state index in [2.05, 4.69) is 72.2 Å². The monoisotopic (exact) mass is 285 g/mol. The van der Waals surface area contributed by atoms with Crippen molar-refractivity contribution in [3.8, 4) is 0 Å². The van der Waals surface area contributed by atoms with E-state index in [0.29, 0.717) is 12.1 Å². The number of hydrogen-bond acceptors (Lipinski definition) is 2. The molecule has 1 N–H and O–H groups in total. The fraction of sp³-hybridized carbons (Fsp3) is 0.500. The summed E-state index contributed by atoms with van der Waals surface area (Å²) in [6, 6.07) is 11.5. The molecule has 2 aromatic rings. The Morgan fingerprint density at radius 1 is 1.14 bits per heavy atom. The third-order valence-electron chi connectivity index (χ3n) is 4.00. The van der Waals surface area contributed by atoms with Gasteiger partial charge in [-0.25, -0.2) is 4.98 Å². The summed E-state index contributed by atoms with van der Waals surface area (Å²) in [6.45, 7) is 7.67. The molecule has 0 amide bonds. The molecule has 114 valence electrons. The number of rotatable bonds is 8. The molecular formula is C18H27N3. The zero-order valence-electron chi connectivity index (χ0n) is 13.4. The molecule has 0 aliphatic carbocycles. The lowest BCUT2D eigenvalue weighted by Crippen LogP contribution is -2.31. The highest BCUT2D eigenvalue weighted by Crippen LogP contribution is 2.30. The lowest BCUT2D eigenvalue weighted by molar-refractivity contribution is 0.338. The van der Waals surface area contributed by atoms with Gasteiger partial charge in [0.25, 0.3) is 0 Å². The van der Waals surface area contributed by atoms with E-state index in [0.717, 1.165) is 25.8 Å². The predicted molar refractivity (Wildman–Crippen MR) is 88.4 cm³/mol. The lowest BCUT2D eigenvalue weighted by Gasteiger charge is -2.30. The molecule has 2 rings (SSSR count). The van der Waals surface area contributed by atoms with Crippen molar-refractivity contribution < 1.29 is 0 Å². The Hall–Kier alpha value is -1.61. The van der Waals surface area contributed by atoms with Crippen LogP contribution in [-0.4, -0.2) is 16.1 Å². The Kier molecular flexibility index (Phi) is 6.00. The molecule has 3 heteroatoms.